The van der Waals surface area contributed by atoms with E-state index in [1.54, 1.807) is 49.4 Å². The number of esters is 2. The molecule has 3 rings (SSSR count). The molecule has 0 saturated carbocycles. The van der Waals surface area contributed by atoms with Crippen molar-refractivity contribution in [3.63, 3.8) is 0 Å². The number of aryl methyl sites for hydroxylation is 1. The summed E-state index contributed by atoms with van der Waals surface area (Å²) in [6.45, 7) is 1.69. The van der Waals surface area contributed by atoms with Crippen LogP contribution in [0, 0.1) is 17.0 Å². The first kappa shape index (κ1) is 23.1. The maximum atomic E-state index is 13.1. The molecule has 0 radical (unpaired) electrons. The zero-order valence-corrected chi connectivity index (χ0v) is 17.8. The molecule has 1 unspecified atom stereocenters. The van der Waals surface area contributed by atoms with Gasteiger partial charge in [-0.1, -0.05) is 48.5 Å². The lowest BCUT2D eigenvalue weighted by Gasteiger charge is -2.19. The molecule has 0 aliphatic rings. The molecule has 0 aliphatic carbocycles. The van der Waals surface area contributed by atoms with E-state index in [-0.39, 0.29) is 22.5 Å². The molecule has 0 aliphatic heterocycles. The van der Waals surface area contributed by atoms with Gasteiger partial charge in [-0.25, -0.2) is 9.59 Å². The molecule has 33 heavy (non-hydrogen) atoms. The van der Waals surface area contributed by atoms with Crippen LogP contribution in [0.4, 0.5) is 11.4 Å². The van der Waals surface area contributed by atoms with Crippen molar-refractivity contribution < 1.29 is 28.8 Å². The first-order chi connectivity index (χ1) is 15.8. The molecule has 9 heteroatoms. The standard InChI is InChI=1S/C24H20N2O7/c1-15-12-13-19(20(14-15)26(30)31)25-22(27)21(16-8-4-3-5-9-16)33-24(29)18-11-7-6-10-17(18)23(28)32-2/h3-14,21H,1-2H3,(H,25,27). The Morgan fingerprint density at radius 2 is 1.52 bits per heavy atom. The van der Waals surface area contributed by atoms with Crippen molar-refractivity contribution in [2.24, 2.45) is 0 Å². The molecular formula is C24H20N2O7. The van der Waals surface area contributed by atoms with E-state index in [0.717, 1.165) is 0 Å². The minimum absolute atomic E-state index is 0.0219. The molecule has 1 amide bonds. The van der Waals surface area contributed by atoms with Crippen LogP contribution in [-0.2, 0) is 14.3 Å². The average molecular weight is 448 g/mol. The number of nitrogens with zero attached hydrogens (tertiary/aromatic N) is 1. The molecule has 1 N–H and O–H groups in total. The van der Waals surface area contributed by atoms with Crippen LogP contribution in [0.2, 0.25) is 0 Å². The van der Waals surface area contributed by atoms with Crippen molar-refractivity contribution in [2.75, 3.05) is 12.4 Å². The van der Waals surface area contributed by atoms with Crippen LogP contribution >= 0.6 is 0 Å². The van der Waals surface area contributed by atoms with E-state index in [1.807, 2.05) is 0 Å². The molecule has 0 aromatic heterocycles. The number of ether oxygens (including phenoxy) is 2. The molecule has 3 aromatic rings. The Hall–Kier alpha value is -4.53. The first-order valence-electron chi connectivity index (χ1n) is 9.81. The highest BCUT2D eigenvalue weighted by atomic mass is 16.6. The van der Waals surface area contributed by atoms with E-state index < -0.39 is 28.9 Å². The predicted octanol–water partition coefficient (Wildman–Crippen LogP) is 4.23. The van der Waals surface area contributed by atoms with Crippen LogP contribution in [0.25, 0.3) is 0 Å². The number of anilines is 1. The zero-order chi connectivity index (χ0) is 24.0. The van der Waals surface area contributed by atoms with Crippen molar-refractivity contribution >= 4 is 29.2 Å². The fraction of sp³-hybridized carbons (Fsp3) is 0.125. The van der Waals surface area contributed by atoms with Gasteiger partial charge in [0.15, 0.2) is 0 Å². The van der Waals surface area contributed by atoms with Gasteiger partial charge in [-0.05, 0) is 30.7 Å². The van der Waals surface area contributed by atoms with E-state index in [1.165, 1.54) is 37.4 Å². The monoisotopic (exact) mass is 448 g/mol. The fourth-order valence-electron chi connectivity index (χ4n) is 3.12. The third-order valence-corrected chi connectivity index (χ3v) is 4.73. The second kappa shape index (κ2) is 10.2. The summed E-state index contributed by atoms with van der Waals surface area (Å²) in [5, 5.41) is 13.9. The molecular weight excluding hydrogens is 428 g/mol. The highest BCUT2D eigenvalue weighted by Crippen LogP contribution is 2.28. The second-order valence-electron chi connectivity index (χ2n) is 7.00. The number of nitro groups is 1. The van der Waals surface area contributed by atoms with Gasteiger partial charge in [0.1, 0.15) is 5.69 Å². The fourth-order valence-corrected chi connectivity index (χ4v) is 3.12. The molecule has 0 fully saturated rings. The van der Waals surface area contributed by atoms with Gasteiger partial charge in [-0.3, -0.25) is 14.9 Å². The largest absolute Gasteiger partial charge is 0.465 e. The van der Waals surface area contributed by atoms with Crippen LogP contribution in [0.1, 0.15) is 37.9 Å². The highest BCUT2D eigenvalue weighted by Gasteiger charge is 2.29. The third kappa shape index (κ3) is 5.40. The number of amides is 1. The van der Waals surface area contributed by atoms with Gasteiger partial charge < -0.3 is 14.8 Å². The summed E-state index contributed by atoms with van der Waals surface area (Å²) in [5.41, 5.74) is 0.546. The van der Waals surface area contributed by atoms with Crippen LogP contribution in [0.3, 0.4) is 0 Å². The number of carbonyl (C=O) groups is 3. The summed E-state index contributed by atoms with van der Waals surface area (Å²) in [4.78, 5) is 48.9. The maximum Gasteiger partial charge on any atom is 0.340 e. The SMILES string of the molecule is COC(=O)c1ccccc1C(=O)OC(C(=O)Nc1ccc(C)cc1[N+](=O)[O-])c1ccccc1. The van der Waals surface area contributed by atoms with Gasteiger partial charge >= 0.3 is 11.9 Å². The van der Waals surface area contributed by atoms with Crippen LogP contribution in [0.15, 0.2) is 72.8 Å². The molecule has 0 heterocycles. The summed E-state index contributed by atoms with van der Waals surface area (Å²) in [6.07, 6.45) is -1.44. The number of rotatable bonds is 7. The molecule has 168 valence electrons. The average Bonchev–Trinajstić information content (AvgIpc) is 2.83. The lowest BCUT2D eigenvalue weighted by molar-refractivity contribution is -0.384. The number of nitro benzene ring substituents is 1. The topological polar surface area (TPSA) is 125 Å². The second-order valence-corrected chi connectivity index (χ2v) is 7.00. The lowest BCUT2D eigenvalue weighted by Crippen LogP contribution is -2.27. The quantitative estimate of drug-likeness (QED) is 0.326. The van der Waals surface area contributed by atoms with E-state index in [4.69, 9.17) is 9.47 Å². The summed E-state index contributed by atoms with van der Waals surface area (Å²) < 4.78 is 10.2. The number of benzene rings is 3. The van der Waals surface area contributed by atoms with Crippen molar-refractivity contribution in [3.8, 4) is 0 Å². The van der Waals surface area contributed by atoms with Gasteiger partial charge in [0.25, 0.3) is 11.6 Å². The Morgan fingerprint density at radius 1 is 0.909 bits per heavy atom. The van der Waals surface area contributed by atoms with Crippen LogP contribution in [0.5, 0.6) is 0 Å². The Bertz CT molecular complexity index is 1210. The molecule has 9 nitrogen and oxygen atoms in total. The van der Waals surface area contributed by atoms with Gasteiger partial charge in [0, 0.05) is 11.6 Å². The van der Waals surface area contributed by atoms with Gasteiger partial charge in [0.2, 0.25) is 6.10 Å². The minimum atomic E-state index is -1.44. The molecule has 0 bridgehead atoms. The molecule has 0 spiro atoms. The summed E-state index contributed by atoms with van der Waals surface area (Å²) in [5.74, 6) is -2.46. The molecule has 0 saturated heterocycles. The highest BCUT2D eigenvalue weighted by molar-refractivity contribution is 6.04. The predicted molar refractivity (Wildman–Crippen MR) is 119 cm³/mol. The Morgan fingerprint density at radius 3 is 2.12 bits per heavy atom. The minimum Gasteiger partial charge on any atom is -0.465 e. The normalized spacial score (nSPS) is 11.2. The van der Waals surface area contributed by atoms with Crippen LogP contribution < -0.4 is 5.32 Å². The number of hydrogen-bond donors (Lipinski definition) is 1. The maximum absolute atomic E-state index is 13.1. The van der Waals surface area contributed by atoms with Crippen molar-refractivity contribution in [3.05, 3.63) is 105 Å². The smallest absolute Gasteiger partial charge is 0.340 e. The Kier molecular flexibility index (Phi) is 7.14. The zero-order valence-electron chi connectivity index (χ0n) is 17.8. The molecule has 1 atom stereocenters. The first-order valence-corrected chi connectivity index (χ1v) is 9.81. The lowest BCUT2D eigenvalue weighted by atomic mass is 10.1. The van der Waals surface area contributed by atoms with Gasteiger partial charge in [0.05, 0.1) is 23.2 Å². The van der Waals surface area contributed by atoms with Crippen molar-refractivity contribution in [2.45, 2.75) is 13.0 Å². The summed E-state index contributed by atoms with van der Waals surface area (Å²) in [6, 6.07) is 18.4. The van der Waals surface area contributed by atoms with Gasteiger partial charge in [-0.15, -0.1) is 0 Å². The summed E-state index contributed by atoms with van der Waals surface area (Å²) in [7, 11) is 1.18. The van der Waals surface area contributed by atoms with E-state index >= 15 is 0 Å². The van der Waals surface area contributed by atoms with E-state index in [9.17, 15) is 24.5 Å². The number of nitrogens with one attached hydrogen (secondary N) is 1. The van der Waals surface area contributed by atoms with Crippen LogP contribution in [-0.4, -0.2) is 29.9 Å². The van der Waals surface area contributed by atoms with Gasteiger partial charge in [-0.2, -0.15) is 0 Å². The number of carbonyl (C=O) groups excluding carboxylic acids is 3. The Balaban J connectivity index is 1.95. The Labute approximate surface area is 189 Å². The third-order valence-electron chi connectivity index (χ3n) is 4.73. The van der Waals surface area contributed by atoms with Crippen molar-refractivity contribution in [1.29, 1.82) is 0 Å². The molecule has 3 aromatic carbocycles. The van der Waals surface area contributed by atoms with Crippen molar-refractivity contribution in [1.82, 2.24) is 0 Å². The van der Waals surface area contributed by atoms with E-state index in [0.29, 0.717) is 11.1 Å². The van der Waals surface area contributed by atoms with E-state index in [2.05, 4.69) is 5.32 Å². The summed E-state index contributed by atoms with van der Waals surface area (Å²) >= 11 is 0. The number of hydrogen-bond acceptors (Lipinski definition) is 7. The number of methoxy groups -OCH3 is 1.